The lowest BCUT2D eigenvalue weighted by molar-refractivity contribution is 0.609. The highest BCUT2D eigenvalue weighted by atomic mass is 32.1. The van der Waals surface area contributed by atoms with E-state index in [1.54, 1.807) is 24.3 Å². The van der Waals surface area contributed by atoms with Gasteiger partial charge >= 0.3 is 0 Å². The summed E-state index contributed by atoms with van der Waals surface area (Å²) in [6.07, 6.45) is 0. The van der Waals surface area contributed by atoms with Crippen LogP contribution in [0.1, 0.15) is 22.7 Å². The second-order valence-electron chi connectivity index (χ2n) is 4.79. The van der Waals surface area contributed by atoms with Gasteiger partial charge in [-0.05, 0) is 46.5 Å². The summed E-state index contributed by atoms with van der Waals surface area (Å²) in [4.78, 5) is 0. The van der Waals surface area contributed by atoms with Crippen molar-refractivity contribution in [2.75, 3.05) is 0 Å². The molecule has 102 valence electrons. The minimum absolute atomic E-state index is 0.142. The smallest absolute Gasteiger partial charge is 0.126 e. The molecule has 0 aliphatic rings. The molecular formula is C16H15FN2S. The highest BCUT2D eigenvalue weighted by Gasteiger charge is 2.16. The van der Waals surface area contributed by atoms with Gasteiger partial charge in [0.1, 0.15) is 5.82 Å². The van der Waals surface area contributed by atoms with Crippen LogP contribution in [-0.2, 0) is 0 Å². The number of thiophene rings is 1. The summed E-state index contributed by atoms with van der Waals surface area (Å²) in [5, 5.41) is 3.27. The molecule has 3 aromatic rings. The number of hydrogen-bond donors (Lipinski definition) is 2. The summed E-state index contributed by atoms with van der Waals surface area (Å²) >= 11 is 1.69. The zero-order valence-electron chi connectivity index (χ0n) is 11.1. The van der Waals surface area contributed by atoms with Crippen molar-refractivity contribution in [1.29, 1.82) is 0 Å². The summed E-state index contributed by atoms with van der Waals surface area (Å²) in [5.74, 6) is 5.55. The van der Waals surface area contributed by atoms with Crippen LogP contribution in [0.3, 0.4) is 0 Å². The van der Waals surface area contributed by atoms with Crippen molar-refractivity contribution in [2.24, 2.45) is 5.84 Å². The van der Waals surface area contributed by atoms with Crippen LogP contribution in [0.25, 0.3) is 10.1 Å². The molecule has 0 amide bonds. The fourth-order valence-corrected chi connectivity index (χ4v) is 3.40. The first-order valence-electron chi connectivity index (χ1n) is 6.39. The molecule has 0 fully saturated rings. The lowest BCUT2D eigenvalue weighted by Gasteiger charge is -2.18. The van der Waals surface area contributed by atoms with Gasteiger partial charge in [-0.3, -0.25) is 5.84 Å². The largest absolute Gasteiger partial charge is 0.271 e. The van der Waals surface area contributed by atoms with Gasteiger partial charge in [-0.25, -0.2) is 9.82 Å². The quantitative estimate of drug-likeness (QED) is 0.566. The Labute approximate surface area is 121 Å². The van der Waals surface area contributed by atoms with Crippen molar-refractivity contribution in [3.8, 4) is 0 Å². The second kappa shape index (κ2) is 5.32. The van der Waals surface area contributed by atoms with Crippen LogP contribution in [0.4, 0.5) is 4.39 Å². The maximum Gasteiger partial charge on any atom is 0.126 e. The number of hydrazine groups is 1. The molecule has 0 spiro atoms. The first-order chi connectivity index (χ1) is 9.70. The van der Waals surface area contributed by atoms with E-state index in [2.05, 4.69) is 29.0 Å². The van der Waals surface area contributed by atoms with Gasteiger partial charge in [-0.15, -0.1) is 11.3 Å². The van der Waals surface area contributed by atoms with Crippen molar-refractivity contribution in [3.05, 3.63) is 70.4 Å². The number of benzene rings is 2. The van der Waals surface area contributed by atoms with E-state index in [9.17, 15) is 4.39 Å². The number of rotatable bonds is 3. The standard InChI is InChI=1S/C16H15FN2S/c1-10-9-12(5-6-14(10)17)15(19-18)13-4-2-3-11-7-8-20-16(11)13/h2-9,15,19H,18H2,1H3. The average Bonchev–Trinajstić information content (AvgIpc) is 2.93. The highest BCUT2D eigenvalue weighted by molar-refractivity contribution is 7.17. The van der Waals surface area contributed by atoms with Crippen LogP contribution in [0.15, 0.2) is 47.8 Å². The van der Waals surface area contributed by atoms with Crippen LogP contribution in [0.5, 0.6) is 0 Å². The molecule has 0 saturated heterocycles. The fraction of sp³-hybridized carbons (Fsp3) is 0.125. The second-order valence-corrected chi connectivity index (χ2v) is 5.71. The Morgan fingerprint density at radius 3 is 2.80 bits per heavy atom. The van der Waals surface area contributed by atoms with E-state index in [1.165, 1.54) is 16.2 Å². The maximum absolute atomic E-state index is 13.4. The van der Waals surface area contributed by atoms with E-state index in [1.807, 2.05) is 12.1 Å². The minimum Gasteiger partial charge on any atom is -0.271 e. The Morgan fingerprint density at radius 2 is 2.05 bits per heavy atom. The molecule has 1 heterocycles. The van der Waals surface area contributed by atoms with Gasteiger partial charge in [-0.1, -0.05) is 30.3 Å². The number of nitrogens with two attached hydrogens (primary N) is 1. The zero-order valence-corrected chi connectivity index (χ0v) is 11.9. The molecule has 0 aliphatic heterocycles. The number of hydrogen-bond acceptors (Lipinski definition) is 3. The van der Waals surface area contributed by atoms with Crippen molar-refractivity contribution in [2.45, 2.75) is 13.0 Å². The monoisotopic (exact) mass is 286 g/mol. The molecule has 20 heavy (non-hydrogen) atoms. The molecule has 0 saturated carbocycles. The number of fused-ring (bicyclic) bond motifs is 1. The molecule has 2 aromatic carbocycles. The topological polar surface area (TPSA) is 38.0 Å². The van der Waals surface area contributed by atoms with Crippen molar-refractivity contribution in [3.63, 3.8) is 0 Å². The molecule has 4 heteroatoms. The number of nitrogens with one attached hydrogen (secondary N) is 1. The Morgan fingerprint density at radius 1 is 1.20 bits per heavy atom. The van der Waals surface area contributed by atoms with Crippen molar-refractivity contribution < 1.29 is 4.39 Å². The third-order valence-corrected chi connectivity index (χ3v) is 4.48. The fourth-order valence-electron chi connectivity index (χ4n) is 2.46. The maximum atomic E-state index is 13.4. The van der Waals surface area contributed by atoms with Crippen LogP contribution >= 0.6 is 11.3 Å². The van der Waals surface area contributed by atoms with E-state index in [-0.39, 0.29) is 11.9 Å². The lowest BCUT2D eigenvalue weighted by atomic mass is 9.97. The number of halogens is 1. The molecule has 1 unspecified atom stereocenters. The van der Waals surface area contributed by atoms with Crippen LogP contribution in [-0.4, -0.2) is 0 Å². The molecule has 2 nitrogen and oxygen atoms in total. The van der Waals surface area contributed by atoms with Crippen LogP contribution in [0, 0.1) is 12.7 Å². The van der Waals surface area contributed by atoms with Gasteiger partial charge in [-0.2, -0.15) is 0 Å². The Balaban J connectivity index is 2.13. The van der Waals surface area contributed by atoms with E-state index < -0.39 is 0 Å². The summed E-state index contributed by atoms with van der Waals surface area (Å²) in [5.41, 5.74) is 5.56. The molecule has 1 atom stereocenters. The molecular weight excluding hydrogens is 271 g/mol. The molecule has 3 N–H and O–H groups in total. The SMILES string of the molecule is Cc1cc(C(NN)c2cccc3ccsc23)ccc1F. The Bertz CT molecular complexity index is 751. The molecule has 0 bridgehead atoms. The summed E-state index contributed by atoms with van der Waals surface area (Å²) in [6.45, 7) is 1.76. The van der Waals surface area contributed by atoms with Crippen molar-refractivity contribution in [1.82, 2.24) is 5.43 Å². The van der Waals surface area contributed by atoms with E-state index in [0.29, 0.717) is 5.56 Å². The van der Waals surface area contributed by atoms with Gasteiger partial charge < -0.3 is 0 Å². The lowest BCUT2D eigenvalue weighted by Crippen LogP contribution is -2.29. The molecule has 1 aromatic heterocycles. The molecule has 0 radical (unpaired) electrons. The van der Waals surface area contributed by atoms with E-state index in [0.717, 1.165) is 11.1 Å². The van der Waals surface area contributed by atoms with Gasteiger partial charge in [0.15, 0.2) is 0 Å². The minimum atomic E-state index is -0.196. The molecule has 0 aliphatic carbocycles. The number of aryl methyl sites for hydroxylation is 1. The zero-order chi connectivity index (χ0) is 14.1. The first-order valence-corrected chi connectivity index (χ1v) is 7.27. The van der Waals surface area contributed by atoms with E-state index in [4.69, 9.17) is 5.84 Å². The third kappa shape index (κ3) is 2.22. The summed E-state index contributed by atoms with van der Waals surface area (Å²) in [7, 11) is 0. The van der Waals surface area contributed by atoms with Gasteiger partial charge in [0.25, 0.3) is 0 Å². The normalized spacial score (nSPS) is 12.8. The third-order valence-electron chi connectivity index (χ3n) is 3.50. The predicted octanol–water partition coefficient (Wildman–Crippen LogP) is 3.90. The average molecular weight is 286 g/mol. The van der Waals surface area contributed by atoms with E-state index >= 15 is 0 Å². The predicted molar refractivity (Wildman–Crippen MR) is 82.1 cm³/mol. The van der Waals surface area contributed by atoms with Crippen LogP contribution in [0.2, 0.25) is 0 Å². The summed E-state index contributed by atoms with van der Waals surface area (Å²) < 4.78 is 14.6. The summed E-state index contributed by atoms with van der Waals surface area (Å²) in [6, 6.07) is 13.2. The highest BCUT2D eigenvalue weighted by Crippen LogP contribution is 2.32. The van der Waals surface area contributed by atoms with Gasteiger partial charge in [0.05, 0.1) is 6.04 Å². The van der Waals surface area contributed by atoms with Gasteiger partial charge in [0.2, 0.25) is 0 Å². The Kier molecular flexibility index (Phi) is 3.53. The first kappa shape index (κ1) is 13.2. The van der Waals surface area contributed by atoms with Gasteiger partial charge in [0, 0.05) is 4.70 Å². The Hall–Kier alpha value is -1.75. The van der Waals surface area contributed by atoms with Crippen molar-refractivity contribution >= 4 is 21.4 Å². The molecule has 3 rings (SSSR count). The van der Waals surface area contributed by atoms with Crippen LogP contribution < -0.4 is 11.3 Å².